The number of halogens is 1. The Morgan fingerprint density at radius 3 is 2.90 bits per heavy atom. The topological polar surface area (TPSA) is 83.7 Å². The van der Waals surface area contributed by atoms with Crippen LogP contribution < -0.4 is 0 Å². The number of aliphatic hydroxyl groups excluding tert-OH is 1. The zero-order chi connectivity index (χ0) is 14.7. The molecule has 1 N–H and O–H groups in total. The fourth-order valence-electron chi connectivity index (χ4n) is 2.41. The first-order chi connectivity index (χ1) is 9.52. The molecular formula is C13H15ClN2O4. The van der Waals surface area contributed by atoms with Crippen LogP contribution in [0.3, 0.4) is 0 Å². The standard InChI is InChI=1S/C13H15ClN2O4/c14-12-7-10(16(19)20)4-3-9(12)6-13(18)15-5-1-2-11(15)8-17/h3-4,7,11,17H,1-2,5-6,8H2. The highest BCUT2D eigenvalue weighted by Crippen LogP contribution is 2.24. The third-order valence-electron chi connectivity index (χ3n) is 3.50. The summed E-state index contributed by atoms with van der Waals surface area (Å²) in [6.45, 7) is 0.592. The highest BCUT2D eigenvalue weighted by atomic mass is 35.5. The van der Waals surface area contributed by atoms with Crippen molar-refractivity contribution < 1.29 is 14.8 Å². The van der Waals surface area contributed by atoms with E-state index >= 15 is 0 Å². The van der Waals surface area contributed by atoms with Gasteiger partial charge in [0.25, 0.3) is 5.69 Å². The molecule has 1 aromatic carbocycles. The van der Waals surface area contributed by atoms with E-state index in [1.165, 1.54) is 18.2 Å². The lowest BCUT2D eigenvalue weighted by Crippen LogP contribution is -2.38. The van der Waals surface area contributed by atoms with Crippen molar-refractivity contribution in [1.82, 2.24) is 4.90 Å². The first-order valence-corrected chi connectivity index (χ1v) is 6.74. The van der Waals surface area contributed by atoms with Crippen molar-refractivity contribution in [3.63, 3.8) is 0 Å². The number of likely N-dealkylation sites (tertiary alicyclic amines) is 1. The van der Waals surface area contributed by atoms with E-state index < -0.39 is 4.92 Å². The number of hydrogen-bond donors (Lipinski definition) is 1. The van der Waals surface area contributed by atoms with Gasteiger partial charge in [-0.25, -0.2) is 0 Å². The van der Waals surface area contributed by atoms with E-state index in [1.807, 2.05) is 0 Å². The fourth-order valence-corrected chi connectivity index (χ4v) is 2.65. The van der Waals surface area contributed by atoms with Crippen molar-refractivity contribution in [1.29, 1.82) is 0 Å². The predicted molar refractivity (Wildman–Crippen MR) is 73.6 cm³/mol. The SMILES string of the molecule is O=C(Cc1ccc([N+](=O)[O-])cc1Cl)N1CCCC1CO. The Morgan fingerprint density at radius 1 is 1.55 bits per heavy atom. The van der Waals surface area contributed by atoms with Crippen LogP contribution in [-0.2, 0) is 11.2 Å². The Bertz CT molecular complexity index is 535. The molecule has 1 amide bonds. The number of nitro benzene ring substituents is 1. The minimum absolute atomic E-state index is 0.0419. The van der Waals surface area contributed by atoms with Gasteiger partial charge in [-0.15, -0.1) is 0 Å². The molecular weight excluding hydrogens is 284 g/mol. The van der Waals surface area contributed by atoms with Crippen molar-refractivity contribution in [2.24, 2.45) is 0 Å². The molecule has 6 nitrogen and oxygen atoms in total. The van der Waals surface area contributed by atoms with Crippen LogP contribution in [0.5, 0.6) is 0 Å². The molecule has 1 saturated heterocycles. The van der Waals surface area contributed by atoms with Crippen LogP contribution >= 0.6 is 11.6 Å². The minimum Gasteiger partial charge on any atom is -0.394 e. The van der Waals surface area contributed by atoms with E-state index in [9.17, 15) is 20.0 Å². The Hall–Kier alpha value is -1.66. The summed E-state index contributed by atoms with van der Waals surface area (Å²) in [5.74, 6) is -0.114. The van der Waals surface area contributed by atoms with E-state index in [1.54, 1.807) is 4.90 Å². The summed E-state index contributed by atoms with van der Waals surface area (Å²) in [7, 11) is 0. The van der Waals surface area contributed by atoms with Crippen LogP contribution in [0.4, 0.5) is 5.69 Å². The van der Waals surface area contributed by atoms with Crippen LogP contribution in [0.25, 0.3) is 0 Å². The second-order valence-electron chi connectivity index (χ2n) is 4.78. The smallest absolute Gasteiger partial charge is 0.270 e. The van der Waals surface area contributed by atoms with Crippen molar-refractivity contribution in [2.45, 2.75) is 25.3 Å². The van der Waals surface area contributed by atoms with Gasteiger partial charge in [0.1, 0.15) is 0 Å². The van der Waals surface area contributed by atoms with E-state index in [0.717, 1.165) is 12.8 Å². The predicted octanol–water partition coefficient (Wildman–Crippen LogP) is 1.77. The summed E-state index contributed by atoms with van der Waals surface area (Å²) >= 11 is 5.97. The first kappa shape index (κ1) is 14.7. The second-order valence-corrected chi connectivity index (χ2v) is 5.18. The molecule has 7 heteroatoms. The normalized spacial score (nSPS) is 18.3. The number of nitro groups is 1. The molecule has 1 unspecified atom stereocenters. The highest BCUT2D eigenvalue weighted by Gasteiger charge is 2.28. The molecule has 2 rings (SSSR count). The number of non-ortho nitro benzene ring substituents is 1. The molecule has 108 valence electrons. The zero-order valence-corrected chi connectivity index (χ0v) is 11.5. The third kappa shape index (κ3) is 3.08. The van der Waals surface area contributed by atoms with Crippen LogP contribution in [0.1, 0.15) is 18.4 Å². The van der Waals surface area contributed by atoms with Crippen LogP contribution in [0, 0.1) is 10.1 Å². The quantitative estimate of drug-likeness (QED) is 0.678. The van der Waals surface area contributed by atoms with Crippen molar-refractivity contribution in [3.05, 3.63) is 38.9 Å². The number of carbonyl (C=O) groups is 1. The van der Waals surface area contributed by atoms with Gasteiger partial charge in [-0.05, 0) is 18.4 Å². The van der Waals surface area contributed by atoms with Gasteiger partial charge in [0, 0.05) is 18.7 Å². The average molecular weight is 299 g/mol. The summed E-state index contributed by atoms with van der Waals surface area (Å²) in [5.41, 5.74) is 0.464. The lowest BCUT2D eigenvalue weighted by molar-refractivity contribution is -0.384. The van der Waals surface area contributed by atoms with E-state index in [-0.39, 0.29) is 35.7 Å². The van der Waals surface area contributed by atoms with Gasteiger partial charge in [0.15, 0.2) is 0 Å². The first-order valence-electron chi connectivity index (χ1n) is 6.36. The van der Waals surface area contributed by atoms with Crippen LogP contribution in [0.15, 0.2) is 18.2 Å². The third-order valence-corrected chi connectivity index (χ3v) is 3.85. The molecule has 1 aliphatic heterocycles. The molecule has 1 aliphatic rings. The number of amides is 1. The molecule has 0 saturated carbocycles. The summed E-state index contributed by atoms with van der Waals surface area (Å²) in [4.78, 5) is 23.9. The zero-order valence-electron chi connectivity index (χ0n) is 10.8. The van der Waals surface area contributed by atoms with Gasteiger partial charge in [-0.1, -0.05) is 17.7 Å². The summed E-state index contributed by atoms with van der Waals surface area (Å²) < 4.78 is 0. The summed E-state index contributed by atoms with van der Waals surface area (Å²) in [6.07, 6.45) is 1.77. The maximum Gasteiger partial charge on any atom is 0.270 e. The lowest BCUT2D eigenvalue weighted by atomic mass is 10.1. The Kier molecular flexibility index (Phi) is 4.57. The van der Waals surface area contributed by atoms with Gasteiger partial charge in [-0.2, -0.15) is 0 Å². The molecule has 0 spiro atoms. The Balaban J connectivity index is 2.10. The molecule has 0 bridgehead atoms. The van der Waals surface area contributed by atoms with Gasteiger partial charge in [-0.3, -0.25) is 14.9 Å². The second kappa shape index (κ2) is 6.19. The number of aliphatic hydroxyl groups is 1. The number of rotatable bonds is 4. The van der Waals surface area contributed by atoms with Crippen LogP contribution in [-0.4, -0.2) is 40.0 Å². The monoisotopic (exact) mass is 298 g/mol. The molecule has 1 atom stereocenters. The van der Waals surface area contributed by atoms with Gasteiger partial charge in [0.2, 0.25) is 5.91 Å². The maximum atomic E-state index is 12.2. The Morgan fingerprint density at radius 2 is 2.30 bits per heavy atom. The molecule has 1 fully saturated rings. The molecule has 0 aliphatic carbocycles. The van der Waals surface area contributed by atoms with Crippen LogP contribution in [0.2, 0.25) is 5.02 Å². The summed E-state index contributed by atoms with van der Waals surface area (Å²) in [6, 6.07) is 3.96. The molecule has 1 aromatic rings. The van der Waals surface area contributed by atoms with Gasteiger partial charge in [0.05, 0.1) is 29.0 Å². The molecule has 0 aromatic heterocycles. The number of benzene rings is 1. The Labute approximate surface area is 121 Å². The fraction of sp³-hybridized carbons (Fsp3) is 0.462. The largest absolute Gasteiger partial charge is 0.394 e. The minimum atomic E-state index is -0.528. The van der Waals surface area contributed by atoms with Gasteiger partial charge >= 0.3 is 0 Å². The number of hydrogen-bond acceptors (Lipinski definition) is 4. The van der Waals surface area contributed by atoms with Crippen molar-refractivity contribution >= 4 is 23.2 Å². The number of nitrogens with zero attached hydrogens (tertiary/aromatic N) is 2. The van der Waals surface area contributed by atoms with E-state index in [4.69, 9.17) is 11.6 Å². The van der Waals surface area contributed by atoms with Gasteiger partial charge < -0.3 is 10.0 Å². The van der Waals surface area contributed by atoms with E-state index in [2.05, 4.69) is 0 Å². The molecule has 20 heavy (non-hydrogen) atoms. The average Bonchev–Trinajstić information content (AvgIpc) is 2.89. The van der Waals surface area contributed by atoms with Crippen molar-refractivity contribution in [2.75, 3.05) is 13.2 Å². The highest BCUT2D eigenvalue weighted by molar-refractivity contribution is 6.31. The summed E-state index contributed by atoms with van der Waals surface area (Å²) in [5, 5.41) is 20.0. The van der Waals surface area contributed by atoms with Crippen molar-refractivity contribution in [3.8, 4) is 0 Å². The lowest BCUT2D eigenvalue weighted by Gasteiger charge is -2.23. The molecule has 0 radical (unpaired) electrons. The maximum absolute atomic E-state index is 12.2. The molecule has 1 heterocycles. The number of carbonyl (C=O) groups excluding carboxylic acids is 1. The van der Waals surface area contributed by atoms with E-state index in [0.29, 0.717) is 12.1 Å².